The van der Waals surface area contributed by atoms with Gasteiger partial charge >= 0.3 is 5.97 Å². The molecular weight excluding hydrogens is 212 g/mol. The minimum absolute atomic E-state index is 0.00617. The number of phenols is 2. The van der Waals surface area contributed by atoms with E-state index in [1.54, 1.807) is 0 Å². The molecule has 0 aliphatic heterocycles. The number of ether oxygens (including phenoxy) is 1. The molecule has 1 rings (SSSR count). The van der Waals surface area contributed by atoms with Gasteiger partial charge < -0.3 is 20.1 Å². The van der Waals surface area contributed by atoms with E-state index >= 15 is 0 Å². The third-order valence-corrected chi connectivity index (χ3v) is 1.98. The summed E-state index contributed by atoms with van der Waals surface area (Å²) in [5.41, 5.74) is -0.643. The van der Waals surface area contributed by atoms with E-state index in [1.165, 1.54) is 7.11 Å². The molecule has 0 radical (unpaired) electrons. The quantitative estimate of drug-likeness (QED) is 0.700. The van der Waals surface area contributed by atoms with Gasteiger partial charge in [-0.3, -0.25) is 0 Å². The first-order chi connectivity index (χ1) is 6.49. The van der Waals surface area contributed by atoms with Crippen LogP contribution in [0, 0.1) is 0 Å². The number of rotatable bonds is 2. The highest BCUT2D eigenvalue weighted by atomic mass is 35.5. The molecule has 0 unspecified atom stereocenters. The molecule has 3 N–H and O–H groups in total. The van der Waals surface area contributed by atoms with E-state index < -0.39 is 23.0 Å². The van der Waals surface area contributed by atoms with Gasteiger partial charge in [-0.15, -0.1) is 0 Å². The van der Waals surface area contributed by atoms with Crippen molar-refractivity contribution in [1.29, 1.82) is 0 Å². The molecule has 0 spiro atoms. The SMILES string of the molecule is COc1cc(O)c(C(=O)O)c(O)c1Cl. The average molecular weight is 219 g/mol. The van der Waals surface area contributed by atoms with Crippen molar-refractivity contribution >= 4 is 17.6 Å². The van der Waals surface area contributed by atoms with Crippen molar-refractivity contribution in [2.45, 2.75) is 0 Å². The fraction of sp³-hybridized carbons (Fsp3) is 0.125. The van der Waals surface area contributed by atoms with Crippen LogP contribution in [0.5, 0.6) is 17.2 Å². The smallest absolute Gasteiger partial charge is 0.343 e. The molecule has 0 aliphatic rings. The highest BCUT2D eigenvalue weighted by Crippen LogP contribution is 2.41. The molecule has 1 aromatic carbocycles. The van der Waals surface area contributed by atoms with E-state index in [1.807, 2.05) is 0 Å². The summed E-state index contributed by atoms with van der Waals surface area (Å²) in [5.74, 6) is -2.77. The summed E-state index contributed by atoms with van der Waals surface area (Å²) < 4.78 is 4.70. The average Bonchev–Trinajstić information content (AvgIpc) is 2.10. The van der Waals surface area contributed by atoms with Gasteiger partial charge in [0.1, 0.15) is 22.1 Å². The molecular formula is C8H7ClO5. The Morgan fingerprint density at radius 3 is 2.50 bits per heavy atom. The van der Waals surface area contributed by atoms with Crippen LogP contribution in [-0.2, 0) is 0 Å². The Bertz CT molecular complexity index is 388. The van der Waals surface area contributed by atoms with Crippen molar-refractivity contribution in [3.8, 4) is 17.2 Å². The molecule has 0 aromatic heterocycles. The van der Waals surface area contributed by atoms with Gasteiger partial charge in [-0.25, -0.2) is 4.79 Å². The zero-order valence-corrected chi connectivity index (χ0v) is 7.87. The topological polar surface area (TPSA) is 87.0 Å². The van der Waals surface area contributed by atoms with Crippen LogP contribution in [0.2, 0.25) is 5.02 Å². The van der Waals surface area contributed by atoms with Gasteiger partial charge in [0.15, 0.2) is 5.75 Å². The Kier molecular flexibility index (Phi) is 2.71. The number of methoxy groups -OCH3 is 1. The van der Waals surface area contributed by atoms with E-state index in [-0.39, 0.29) is 10.8 Å². The number of hydrogen-bond donors (Lipinski definition) is 3. The molecule has 0 aliphatic carbocycles. The van der Waals surface area contributed by atoms with E-state index in [9.17, 15) is 15.0 Å². The van der Waals surface area contributed by atoms with Crippen LogP contribution < -0.4 is 4.74 Å². The third-order valence-electron chi connectivity index (χ3n) is 1.62. The maximum atomic E-state index is 10.6. The molecule has 5 nitrogen and oxygen atoms in total. The highest BCUT2D eigenvalue weighted by Gasteiger charge is 2.21. The van der Waals surface area contributed by atoms with Crippen LogP contribution in [0.25, 0.3) is 0 Å². The van der Waals surface area contributed by atoms with Crippen molar-refractivity contribution in [3.63, 3.8) is 0 Å². The molecule has 0 fully saturated rings. The molecule has 0 atom stereocenters. The summed E-state index contributed by atoms with van der Waals surface area (Å²) in [4.78, 5) is 10.6. The van der Waals surface area contributed by atoms with Crippen LogP contribution in [0.1, 0.15) is 10.4 Å². The second-order valence-corrected chi connectivity index (χ2v) is 2.82. The van der Waals surface area contributed by atoms with E-state index in [4.69, 9.17) is 21.4 Å². The first kappa shape index (κ1) is 10.5. The molecule has 1 aromatic rings. The molecule has 14 heavy (non-hydrogen) atoms. The summed E-state index contributed by atoms with van der Waals surface area (Å²) in [5, 5.41) is 26.9. The Hall–Kier alpha value is -1.62. The Morgan fingerprint density at radius 2 is 2.07 bits per heavy atom. The lowest BCUT2D eigenvalue weighted by Gasteiger charge is -2.08. The molecule has 0 heterocycles. The lowest BCUT2D eigenvalue weighted by atomic mass is 10.1. The summed E-state index contributed by atoms with van der Waals surface area (Å²) in [6.07, 6.45) is 0. The lowest BCUT2D eigenvalue weighted by Crippen LogP contribution is -1.99. The van der Waals surface area contributed by atoms with E-state index in [0.717, 1.165) is 6.07 Å². The third kappa shape index (κ3) is 1.54. The van der Waals surface area contributed by atoms with E-state index in [2.05, 4.69) is 0 Å². The Labute approximate surface area is 84.1 Å². The number of carbonyl (C=O) groups is 1. The van der Waals surface area contributed by atoms with Crippen molar-refractivity contribution < 1.29 is 24.9 Å². The zero-order valence-electron chi connectivity index (χ0n) is 7.11. The van der Waals surface area contributed by atoms with Gasteiger partial charge in [0, 0.05) is 6.07 Å². The van der Waals surface area contributed by atoms with Crippen molar-refractivity contribution in [2.24, 2.45) is 0 Å². The maximum absolute atomic E-state index is 10.6. The van der Waals surface area contributed by atoms with Gasteiger partial charge in [-0.2, -0.15) is 0 Å². The normalized spacial score (nSPS) is 9.86. The van der Waals surface area contributed by atoms with Crippen molar-refractivity contribution in [2.75, 3.05) is 7.11 Å². The summed E-state index contributed by atoms with van der Waals surface area (Å²) >= 11 is 5.57. The standard InChI is InChI=1S/C8H7ClO5/c1-14-4-2-3(10)5(8(12)13)7(11)6(4)9/h2,10-11H,1H3,(H,12,13). The zero-order chi connectivity index (χ0) is 10.9. The Balaban J connectivity index is 3.49. The number of carboxylic acids is 1. The van der Waals surface area contributed by atoms with Gasteiger partial charge in [-0.05, 0) is 0 Å². The monoisotopic (exact) mass is 218 g/mol. The minimum Gasteiger partial charge on any atom is -0.507 e. The van der Waals surface area contributed by atoms with Crippen LogP contribution in [0.15, 0.2) is 6.07 Å². The molecule has 0 amide bonds. The summed E-state index contributed by atoms with van der Waals surface area (Å²) in [7, 11) is 1.28. The number of carboxylic acid groups (broad SMARTS) is 1. The number of benzene rings is 1. The van der Waals surface area contributed by atoms with Crippen molar-refractivity contribution in [3.05, 3.63) is 16.7 Å². The van der Waals surface area contributed by atoms with Gasteiger partial charge in [0.25, 0.3) is 0 Å². The van der Waals surface area contributed by atoms with Crippen LogP contribution >= 0.6 is 11.6 Å². The molecule has 0 bridgehead atoms. The predicted molar refractivity (Wildman–Crippen MR) is 48.3 cm³/mol. The first-order valence-corrected chi connectivity index (χ1v) is 3.88. The molecule has 0 saturated heterocycles. The van der Waals surface area contributed by atoms with Crippen molar-refractivity contribution in [1.82, 2.24) is 0 Å². The summed E-state index contributed by atoms with van der Waals surface area (Å²) in [6, 6.07) is 1.02. The van der Waals surface area contributed by atoms with Crippen LogP contribution in [-0.4, -0.2) is 28.4 Å². The first-order valence-electron chi connectivity index (χ1n) is 3.50. The van der Waals surface area contributed by atoms with Gasteiger partial charge in [-0.1, -0.05) is 11.6 Å². The van der Waals surface area contributed by atoms with Crippen LogP contribution in [0.3, 0.4) is 0 Å². The maximum Gasteiger partial charge on any atom is 0.343 e. The van der Waals surface area contributed by atoms with E-state index in [0.29, 0.717) is 0 Å². The second-order valence-electron chi connectivity index (χ2n) is 2.44. The minimum atomic E-state index is -1.47. The molecule has 76 valence electrons. The fourth-order valence-electron chi connectivity index (χ4n) is 0.967. The largest absolute Gasteiger partial charge is 0.507 e. The number of halogens is 1. The second kappa shape index (κ2) is 3.63. The number of aromatic carboxylic acids is 1. The highest BCUT2D eigenvalue weighted by molar-refractivity contribution is 6.34. The fourth-order valence-corrected chi connectivity index (χ4v) is 1.19. The molecule has 6 heteroatoms. The van der Waals surface area contributed by atoms with Gasteiger partial charge in [0.05, 0.1) is 7.11 Å². The Morgan fingerprint density at radius 1 is 1.50 bits per heavy atom. The lowest BCUT2D eigenvalue weighted by molar-refractivity contribution is 0.0690. The predicted octanol–water partition coefficient (Wildman–Crippen LogP) is 1.46. The van der Waals surface area contributed by atoms with Gasteiger partial charge in [0.2, 0.25) is 0 Å². The number of hydrogen-bond acceptors (Lipinski definition) is 4. The summed E-state index contributed by atoms with van der Waals surface area (Å²) in [6.45, 7) is 0. The molecule has 0 saturated carbocycles. The van der Waals surface area contributed by atoms with Crippen LogP contribution in [0.4, 0.5) is 0 Å². The number of aromatic hydroxyl groups is 2.